The Morgan fingerprint density at radius 1 is 1.00 bits per heavy atom. The van der Waals surface area contributed by atoms with Gasteiger partial charge in [0.25, 0.3) is 5.91 Å². The van der Waals surface area contributed by atoms with Gasteiger partial charge in [0, 0.05) is 18.7 Å². The van der Waals surface area contributed by atoms with Crippen LogP contribution in [0.25, 0.3) is 0 Å². The first-order valence-electron chi connectivity index (χ1n) is 10.1. The molecule has 0 aliphatic rings. The lowest BCUT2D eigenvalue weighted by Crippen LogP contribution is -2.28. The zero-order valence-corrected chi connectivity index (χ0v) is 18.3. The highest BCUT2D eigenvalue weighted by atomic mass is 32.2. The van der Waals surface area contributed by atoms with Gasteiger partial charge in [0.2, 0.25) is 10.0 Å². The molecule has 8 heteroatoms. The Labute approximate surface area is 183 Å². The highest BCUT2D eigenvalue weighted by Crippen LogP contribution is 2.12. The second-order valence-corrected chi connectivity index (χ2v) is 9.03. The Morgan fingerprint density at radius 2 is 1.74 bits per heavy atom. The van der Waals surface area contributed by atoms with E-state index in [-0.39, 0.29) is 17.3 Å². The molecule has 0 saturated heterocycles. The van der Waals surface area contributed by atoms with E-state index in [0.29, 0.717) is 17.9 Å². The van der Waals surface area contributed by atoms with Gasteiger partial charge in [-0.25, -0.2) is 13.1 Å². The Kier molecular flexibility index (Phi) is 8.00. The summed E-state index contributed by atoms with van der Waals surface area (Å²) >= 11 is 0. The smallest absolute Gasteiger partial charge is 0.251 e. The van der Waals surface area contributed by atoms with E-state index in [1.807, 2.05) is 25.2 Å². The quantitative estimate of drug-likeness (QED) is 0.447. The summed E-state index contributed by atoms with van der Waals surface area (Å²) < 4.78 is 32.3. The molecule has 0 saturated carbocycles. The van der Waals surface area contributed by atoms with Gasteiger partial charge in [0.15, 0.2) is 0 Å². The maximum Gasteiger partial charge on any atom is 0.251 e. The molecule has 0 bridgehead atoms. The van der Waals surface area contributed by atoms with Crippen LogP contribution in [0.15, 0.2) is 82.3 Å². The third kappa shape index (κ3) is 7.06. The van der Waals surface area contributed by atoms with E-state index in [9.17, 15) is 13.2 Å². The number of furan rings is 1. The number of sulfonamides is 1. The Balaban J connectivity index is 1.42. The van der Waals surface area contributed by atoms with E-state index in [1.54, 1.807) is 12.1 Å². The van der Waals surface area contributed by atoms with Crippen molar-refractivity contribution in [1.82, 2.24) is 14.9 Å². The number of nitrogens with one attached hydrogen (secondary N) is 2. The van der Waals surface area contributed by atoms with Crippen LogP contribution < -0.4 is 10.0 Å². The number of carbonyl (C=O) groups excluding carboxylic acids is 1. The molecule has 7 nitrogen and oxygen atoms in total. The minimum atomic E-state index is -3.68. The van der Waals surface area contributed by atoms with Gasteiger partial charge in [-0.2, -0.15) is 0 Å². The first-order valence-corrected chi connectivity index (χ1v) is 11.5. The molecule has 0 fully saturated rings. The molecule has 164 valence electrons. The summed E-state index contributed by atoms with van der Waals surface area (Å²) in [4.78, 5) is 14.6. The van der Waals surface area contributed by atoms with Crippen LogP contribution >= 0.6 is 0 Å². The molecule has 2 aromatic carbocycles. The molecule has 0 spiro atoms. The minimum absolute atomic E-state index is 0.0658. The van der Waals surface area contributed by atoms with Crippen molar-refractivity contribution in [2.75, 3.05) is 20.1 Å². The van der Waals surface area contributed by atoms with Crippen molar-refractivity contribution in [2.24, 2.45) is 0 Å². The van der Waals surface area contributed by atoms with Gasteiger partial charge in [-0.15, -0.1) is 0 Å². The standard InChI is InChI=1S/C23H27N3O4S/c1-26(18-19-7-3-2-4-8-19)15-6-14-24-23(27)20-10-12-22(13-11-20)31(28,29)25-17-21-9-5-16-30-21/h2-5,7-13,16,25H,6,14-15,17-18H2,1H3,(H,24,27). The van der Waals surface area contributed by atoms with Crippen LogP contribution in [0, 0.1) is 0 Å². The first kappa shape index (κ1) is 22.7. The maximum atomic E-state index is 12.4. The van der Waals surface area contributed by atoms with E-state index in [2.05, 4.69) is 27.1 Å². The van der Waals surface area contributed by atoms with Gasteiger partial charge < -0.3 is 14.6 Å². The van der Waals surface area contributed by atoms with E-state index < -0.39 is 10.0 Å². The summed E-state index contributed by atoms with van der Waals surface area (Å²) in [6.07, 6.45) is 2.30. The fraction of sp³-hybridized carbons (Fsp3) is 0.261. The van der Waals surface area contributed by atoms with E-state index >= 15 is 0 Å². The maximum absolute atomic E-state index is 12.4. The van der Waals surface area contributed by atoms with Crippen LogP contribution in [0.5, 0.6) is 0 Å². The number of amides is 1. The van der Waals surface area contributed by atoms with Crippen molar-refractivity contribution in [2.45, 2.75) is 24.4 Å². The van der Waals surface area contributed by atoms with Crippen molar-refractivity contribution < 1.29 is 17.6 Å². The van der Waals surface area contributed by atoms with Crippen LogP contribution in [0.4, 0.5) is 0 Å². The van der Waals surface area contributed by atoms with Crippen molar-refractivity contribution in [3.05, 3.63) is 89.9 Å². The van der Waals surface area contributed by atoms with E-state index in [4.69, 9.17) is 4.42 Å². The van der Waals surface area contributed by atoms with Gasteiger partial charge in [0.1, 0.15) is 5.76 Å². The molecular weight excluding hydrogens is 414 g/mol. The summed E-state index contributed by atoms with van der Waals surface area (Å²) in [6.45, 7) is 2.32. The summed E-state index contributed by atoms with van der Waals surface area (Å²) in [6, 6.07) is 19.5. The lowest BCUT2D eigenvalue weighted by atomic mass is 10.2. The second kappa shape index (κ2) is 10.9. The third-order valence-corrected chi connectivity index (χ3v) is 6.16. The first-order chi connectivity index (χ1) is 14.9. The van der Waals surface area contributed by atoms with Gasteiger partial charge in [-0.3, -0.25) is 4.79 Å². The average Bonchev–Trinajstić information content (AvgIpc) is 3.30. The summed E-state index contributed by atoms with van der Waals surface area (Å²) in [7, 11) is -1.63. The van der Waals surface area contributed by atoms with Crippen molar-refractivity contribution in [3.8, 4) is 0 Å². The van der Waals surface area contributed by atoms with Crippen LogP contribution in [-0.4, -0.2) is 39.4 Å². The highest BCUT2D eigenvalue weighted by Gasteiger charge is 2.15. The Bertz CT molecular complexity index is 1050. The number of nitrogens with zero attached hydrogens (tertiary/aromatic N) is 1. The molecule has 0 aliphatic heterocycles. The third-order valence-electron chi connectivity index (χ3n) is 4.74. The van der Waals surface area contributed by atoms with Crippen LogP contribution in [0.3, 0.4) is 0 Å². The molecule has 1 amide bonds. The highest BCUT2D eigenvalue weighted by molar-refractivity contribution is 7.89. The number of benzene rings is 2. The largest absolute Gasteiger partial charge is 0.468 e. The topological polar surface area (TPSA) is 91.7 Å². The molecule has 0 aliphatic carbocycles. The van der Waals surface area contributed by atoms with Gasteiger partial charge in [0.05, 0.1) is 17.7 Å². The summed E-state index contributed by atoms with van der Waals surface area (Å²) in [5.74, 6) is 0.298. The minimum Gasteiger partial charge on any atom is -0.468 e. The van der Waals surface area contributed by atoms with E-state index in [0.717, 1.165) is 19.5 Å². The van der Waals surface area contributed by atoms with Crippen molar-refractivity contribution in [1.29, 1.82) is 0 Å². The lowest BCUT2D eigenvalue weighted by molar-refractivity contribution is 0.0951. The van der Waals surface area contributed by atoms with Crippen molar-refractivity contribution >= 4 is 15.9 Å². The number of hydrogen-bond donors (Lipinski definition) is 2. The van der Waals surface area contributed by atoms with Crippen LogP contribution in [-0.2, 0) is 23.1 Å². The van der Waals surface area contributed by atoms with Gasteiger partial charge in [-0.05, 0) is 62.0 Å². The molecule has 0 radical (unpaired) electrons. The molecule has 31 heavy (non-hydrogen) atoms. The molecule has 1 heterocycles. The Hall–Kier alpha value is -2.94. The van der Waals surface area contributed by atoms with Crippen LogP contribution in [0.1, 0.15) is 28.1 Å². The fourth-order valence-electron chi connectivity index (χ4n) is 3.08. The lowest BCUT2D eigenvalue weighted by Gasteiger charge is -2.16. The molecule has 0 unspecified atom stereocenters. The number of rotatable bonds is 11. The molecule has 3 rings (SSSR count). The fourth-order valence-corrected chi connectivity index (χ4v) is 4.07. The monoisotopic (exact) mass is 441 g/mol. The number of hydrogen-bond acceptors (Lipinski definition) is 5. The Morgan fingerprint density at radius 3 is 2.42 bits per heavy atom. The zero-order chi connectivity index (χ0) is 22.1. The predicted molar refractivity (Wildman–Crippen MR) is 119 cm³/mol. The van der Waals surface area contributed by atoms with Gasteiger partial charge in [-0.1, -0.05) is 30.3 Å². The van der Waals surface area contributed by atoms with Gasteiger partial charge >= 0.3 is 0 Å². The normalized spacial score (nSPS) is 11.5. The SMILES string of the molecule is CN(CCCNC(=O)c1ccc(S(=O)(=O)NCc2ccco2)cc1)Cc1ccccc1. The predicted octanol–water partition coefficient (Wildman–Crippen LogP) is 3.01. The summed E-state index contributed by atoms with van der Waals surface area (Å²) in [5, 5.41) is 2.88. The molecular formula is C23H27N3O4S. The molecule has 2 N–H and O–H groups in total. The summed E-state index contributed by atoms with van der Waals surface area (Å²) in [5.41, 5.74) is 1.67. The van der Waals surface area contributed by atoms with Crippen molar-refractivity contribution in [3.63, 3.8) is 0 Å². The molecule has 0 atom stereocenters. The zero-order valence-electron chi connectivity index (χ0n) is 17.5. The average molecular weight is 442 g/mol. The van der Waals surface area contributed by atoms with Crippen LogP contribution in [0.2, 0.25) is 0 Å². The van der Waals surface area contributed by atoms with E-state index in [1.165, 1.54) is 36.1 Å². The second-order valence-electron chi connectivity index (χ2n) is 7.26. The molecule has 3 aromatic rings. The molecule has 1 aromatic heterocycles. The number of carbonyl (C=O) groups is 1.